The molecule has 0 spiro atoms. The van der Waals surface area contributed by atoms with Gasteiger partial charge < -0.3 is 19.5 Å². The molecular weight excluding hydrogens is 294 g/mol. The van der Waals surface area contributed by atoms with E-state index >= 15 is 0 Å². The molecule has 1 N–H and O–H groups in total. The van der Waals surface area contributed by atoms with Crippen molar-refractivity contribution in [3.63, 3.8) is 0 Å². The Kier molecular flexibility index (Phi) is 6.28. The van der Waals surface area contributed by atoms with Crippen LogP contribution in [0.4, 0.5) is 0 Å². The SMILES string of the molecule is CCC(C(=O)c1ccc(OC)c(OC)c1OC)C1CCCNC1. The molecule has 1 aromatic rings. The summed E-state index contributed by atoms with van der Waals surface area (Å²) in [4.78, 5) is 13.1. The topological polar surface area (TPSA) is 56.8 Å². The van der Waals surface area contributed by atoms with E-state index in [1.165, 1.54) is 0 Å². The number of carbonyl (C=O) groups excluding carboxylic acids is 1. The van der Waals surface area contributed by atoms with Crippen molar-refractivity contribution in [3.05, 3.63) is 17.7 Å². The van der Waals surface area contributed by atoms with Crippen LogP contribution in [0.5, 0.6) is 17.2 Å². The summed E-state index contributed by atoms with van der Waals surface area (Å²) in [6, 6.07) is 3.54. The van der Waals surface area contributed by atoms with Crippen molar-refractivity contribution in [3.8, 4) is 17.2 Å². The van der Waals surface area contributed by atoms with Crippen LogP contribution in [-0.2, 0) is 0 Å². The number of hydrogen-bond donors (Lipinski definition) is 1. The van der Waals surface area contributed by atoms with E-state index < -0.39 is 0 Å². The second-order valence-electron chi connectivity index (χ2n) is 5.87. The smallest absolute Gasteiger partial charge is 0.204 e. The highest BCUT2D eigenvalue weighted by atomic mass is 16.5. The highest BCUT2D eigenvalue weighted by molar-refractivity contribution is 6.01. The average molecular weight is 321 g/mol. The minimum Gasteiger partial charge on any atom is -0.493 e. The molecule has 2 atom stereocenters. The lowest BCUT2D eigenvalue weighted by Crippen LogP contribution is -2.37. The van der Waals surface area contributed by atoms with Crippen LogP contribution in [0.25, 0.3) is 0 Å². The largest absolute Gasteiger partial charge is 0.493 e. The van der Waals surface area contributed by atoms with Crippen LogP contribution >= 0.6 is 0 Å². The number of ether oxygens (including phenoxy) is 3. The third-order valence-corrected chi connectivity index (χ3v) is 4.65. The van der Waals surface area contributed by atoms with Crippen LogP contribution in [0.2, 0.25) is 0 Å². The van der Waals surface area contributed by atoms with Crippen molar-refractivity contribution in [1.82, 2.24) is 5.32 Å². The molecule has 5 nitrogen and oxygen atoms in total. The van der Waals surface area contributed by atoms with E-state index in [0.29, 0.717) is 28.7 Å². The maximum atomic E-state index is 13.1. The Balaban J connectivity index is 2.36. The van der Waals surface area contributed by atoms with E-state index in [2.05, 4.69) is 12.2 Å². The first-order chi connectivity index (χ1) is 11.2. The Labute approximate surface area is 138 Å². The van der Waals surface area contributed by atoms with Crippen LogP contribution in [0.15, 0.2) is 12.1 Å². The minimum atomic E-state index is -0.00481. The van der Waals surface area contributed by atoms with E-state index in [9.17, 15) is 4.79 Å². The van der Waals surface area contributed by atoms with Crippen LogP contribution < -0.4 is 19.5 Å². The zero-order valence-corrected chi connectivity index (χ0v) is 14.5. The molecule has 5 heteroatoms. The third-order valence-electron chi connectivity index (χ3n) is 4.65. The Morgan fingerprint density at radius 3 is 2.48 bits per heavy atom. The number of carbonyl (C=O) groups is 1. The van der Waals surface area contributed by atoms with Crippen LogP contribution in [-0.4, -0.2) is 40.2 Å². The molecular formula is C18H27NO4. The van der Waals surface area contributed by atoms with Gasteiger partial charge in [0, 0.05) is 5.92 Å². The molecule has 2 unspecified atom stereocenters. The lowest BCUT2D eigenvalue weighted by Gasteiger charge is -2.29. The summed E-state index contributed by atoms with van der Waals surface area (Å²) < 4.78 is 16.2. The average Bonchev–Trinajstić information content (AvgIpc) is 2.61. The summed E-state index contributed by atoms with van der Waals surface area (Å²) in [6.45, 7) is 4.02. The minimum absolute atomic E-state index is 0.00481. The van der Waals surface area contributed by atoms with Gasteiger partial charge in [0.1, 0.15) is 0 Å². The van der Waals surface area contributed by atoms with Gasteiger partial charge >= 0.3 is 0 Å². The predicted octanol–water partition coefficient (Wildman–Crippen LogP) is 2.92. The first-order valence-electron chi connectivity index (χ1n) is 8.21. The monoisotopic (exact) mass is 321 g/mol. The number of methoxy groups -OCH3 is 3. The van der Waals surface area contributed by atoms with Crippen molar-refractivity contribution >= 4 is 5.78 Å². The van der Waals surface area contributed by atoms with E-state index in [0.717, 1.165) is 32.4 Å². The number of piperidine rings is 1. The molecule has 0 radical (unpaired) electrons. The molecule has 1 saturated heterocycles. The standard InChI is InChI=1S/C18H27NO4/c1-5-13(12-7-6-10-19-11-12)16(20)14-8-9-15(21-2)18(23-4)17(14)22-3/h8-9,12-13,19H,5-7,10-11H2,1-4H3. The quantitative estimate of drug-likeness (QED) is 0.783. The van der Waals surface area contributed by atoms with Gasteiger partial charge in [0.05, 0.1) is 26.9 Å². The number of hydrogen-bond acceptors (Lipinski definition) is 5. The first-order valence-corrected chi connectivity index (χ1v) is 8.21. The van der Waals surface area contributed by atoms with Crippen LogP contribution in [0, 0.1) is 11.8 Å². The van der Waals surface area contributed by atoms with Gasteiger partial charge in [0.25, 0.3) is 0 Å². The van der Waals surface area contributed by atoms with Crippen molar-refractivity contribution in [1.29, 1.82) is 0 Å². The molecule has 0 amide bonds. The maximum absolute atomic E-state index is 13.1. The number of ketones is 1. The zero-order chi connectivity index (χ0) is 16.8. The van der Waals surface area contributed by atoms with E-state index in [1.807, 2.05) is 0 Å². The molecule has 0 saturated carbocycles. The van der Waals surface area contributed by atoms with Gasteiger partial charge in [-0.2, -0.15) is 0 Å². The summed E-state index contributed by atoms with van der Waals surface area (Å²) in [5.74, 6) is 1.98. The Hall–Kier alpha value is -1.75. The van der Waals surface area contributed by atoms with E-state index in [-0.39, 0.29) is 11.7 Å². The molecule has 1 heterocycles. The fourth-order valence-electron chi connectivity index (χ4n) is 3.45. The van der Waals surface area contributed by atoms with Crippen molar-refractivity contribution in [2.24, 2.45) is 11.8 Å². The highest BCUT2D eigenvalue weighted by Crippen LogP contribution is 2.41. The number of Topliss-reactive ketones (excluding diaryl/α,β-unsaturated/α-hetero) is 1. The fourth-order valence-corrected chi connectivity index (χ4v) is 3.45. The molecule has 0 aliphatic carbocycles. The van der Waals surface area contributed by atoms with Gasteiger partial charge in [-0.1, -0.05) is 6.92 Å². The predicted molar refractivity (Wildman–Crippen MR) is 89.8 cm³/mol. The summed E-state index contributed by atoms with van der Waals surface area (Å²) in [5, 5.41) is 3.40. The molecule has 128 valence electrons. The third kappa shape index (κ3) is 3.61. The van der Waals surface area contributed by atoms with Gasteiger partial charge in [-0.15, -0.1) is 0 Å². The van der Waals surface area contributed by atoms with E-state index in [4.69, 9.17) is 14.2 Å². The number of benzene rings is 1. The number of nitrogens with one attached hydrogen (secondary N) is 1. The highest BCUT2D eigenvalue weighted by Gasteiger charge is 2.31. The van der Waals surface area contributed by atoms with Gasteiger partial charge in [-0.3, -0.25) is 4.79 Å². The second kappa shape index (κ2) is 8.20. The van der Waals surface area contributed by atoms with Crippen molar-refractivity contribution in [2.75, 3.05) is 34.4 Å². The molecule has 23 heavy (non-hydrogen) atoms. The summed E-state index contributed by atoms with van der Waals surface area (Å²) >= 11 is 0. The Bertz CT molecular complexity index is 538. The van der Waals surface area contributed by atoms with Gasteiger partial charge in [-0.05, 0) is 50.4 Å². The summed E-state index contributed by atoms with van der Waals surface area (Å²) in [5.41, 5.74) is 0.572. The van der Waals surface area contributed by atoms with Crippen LogP contribution in [0.3, 0.4) is 0 Å². The van der Waals surface area contributed by atoms with Crippen molar-refractivity contribution < 1.29 is 19.0 Å². The molecule has 1 aromatic carbocycles. The lowest BCUT2D eigenvalue weighted by atomic mass is 9.79. The van der Waals surface area contributed by atoms with E-state index in [1.54, 1.807) is 33.5 Å². The zero-order valence-electron chi connectivity index (χ0n) is 14.5. The molecule has 1 fully saturated rings. The maximum Gasteiger partial charge on any atom is 0.204 e. The Morgan fingerprint density at radius 1 is 1.22 bits per heavy atom. The molecule has 1 aliphatic rings. The molecule has 1 aliphatic heterocycles. The van der Waals surface area contributed by atoms with Crippen LogP contribution in [0.1, 0.15) is 36.5 Å². The van der Waals surface area contributed by atoms with Gasteiger partial charge in [-0.25, -0.2) is 0 Å². The summed E-state index contributed by atoms with van der Waals surface area (Å²) in [7, 11) is 4.68. The fraction of sp³-hybridized carbons (Fsp3) is 0.611. The van der Waals surface area contributed by atoms with Crippen molar-refractivity contribution in [2.45, 2.75) is 26.2 Å². The number of rotatable bonds is 7. The first kappa shape index (κ1) is 17.6. The van der Waals surface area contributed by atoms with Gasteiger partial charge in [0.2, 0.25) is 5.75 Å². The lowest BCUT2D eigenvalue weighted by molar-refractivity contribution is 0.0845. The molecule has 0 bridgehead atoms. The normalized spacial score (nSPS) is 19.0. The Morgan fingerprint density at radius 2 is 1.96 bits per heavy atom. The molecule has 0 aromatic heterocycles. The molecule has 2 rings (SSSR count). The second-order valence-corrected chi connectivity index (χ2v) is 5.87. The van der Waals surface area contributed by atoms with Gasteiger partial charge in [0.15, 0.2) is 17.3 Å². The summed E-state index contributed by atoms with van der Waals surface area (Å²) in [6.07, 6.45) is 3.03.